The van der Waals surface area contributed by atoms with Gasteiger partial charge >= 0.3 is 5.97 Å². The van der Waals surface area contributed by atoms with Crippen LogP contribution in [0.2, 0.25) is 5.02 Å². The molecule has 3 rings (SSSR count). The molecule has 1 N–H and O–H groups in total. The number of carbonyl (C=O) groups is 2. The van der Waals surface area contributed by atoms with Crippen LogP contribution in [0.15, 0.2) is 42.5 Å². The van der Waals surface area contributed by atoms with Gasteiger partial charge in [0.15, 0.2) is 17.6 Å². The van der Waals surface area contributed by atoms with Crippen molar-refractivity contribution in [2.24, 2.45) is 0 Å². The Labute approximate surface area is 173 Å². The second-order valence-corrected chi connectivity index (χ2v) is 6.62. The van der Waals surface area contributed by atoms with Crippen LogP contribution in [0, 0.1) is 0 Å². The molecule has 1 atom stereocenters. The Morgan fingerprint density at radius 3 is 2.72 bits per heavy atom. The van der Waals surface area contributed by atoms with E-state index < -0.39 is 18.0 Å². The number of nitrogens with one attached hydrogen (secondary N) is 1. The fourth-order valence-corrected chi connectivity index (χ4v) is 2.86. The molecule has 152 valence electrons. The minimum Gasteiger partial charge on any atom is -0.497 e. The summed E-state index contributed by atoms with van der Waals surface area (Å²) in [5.41, 5.74) is 1.55. The second kappa shape index (κ2) is 9.34. The van der Waals surface area contributed by atoms with Crippen molar-refractivity contribution < 1.29 is 28.5 Å². The zero-order chi connectivity index (χ0) is 20.8. The van der Waals surface area contributed by atoms with Crippen molar-refractivity contribution in [3.8, 4) is 17.2 Å². The van der Waals surface area contributed by atoms with Gasteiger partial charge in [0.1, 0.15) is 5.75 Å². The highest BCUT2D eigenvalue weighted by Crippen LogP contribution is 2.40. The zero-order valence-corrected chi connectivity index (χ0v) is 16.7. The number of hydrogen-bond acceptors (Lipinski definition) is 6. The molecule has 0 spiro atoms. The normalized spacial score (nSPS) is 13.2. The largest absolute Gasteiger partial charge is 0.497 e. The van der Waals surface area contributed by atoms with Gasteiger partial charge in [-0.05, 0) is 48.4 Å². The van der Waals surface area contributed by atoms with Crippen molar-refractivity contribution in [1.82, 2.24) is 5.32 Å². The van der Waals surface area contributed by atoms with Crippen LogP contribution < -0.4 is 19.5 Å². The molecule has 1 amide bonds. The summed E-state index contributed by atoms with van der Waals surface area (Å²) >= 11 is 6.10. The Morgan fingerprint density at radius 1 is 1.24 bits per heavy atom. The number of fused-ring (bicyclic) bond motifs is 1. The third-order valence-electron chi connectivity index (χ3n) is 4.15. The van der Waals surface area contributed by atoms with Crippen LogP contribution >= 0.6 is 11.6 Å². The lowest BCUT2D eigenvalue weighted by Crippen LogP contribution is -2.35. The highest BCUT2D eigenvalue weighted by atomic mass is 35.5. The molecule has 2 aromatic carbocycles. The number of ether oxygens (including phenoxy) is 4. The van der Waals surface area contributed by atoms with E-state index in [0.29, 0.717) is 28.6 Å². The maximum Gasteiger partial charge on any atom is 0.331 e. The van der Waals surface area contributed by atoms with Crippen molar-refractivity contribution in [2.45, 2.75) is 19.6 Å². The summed E-state index contributed by atoms with van der Waals surface area (Å²) in [4.78, 5) is 24.1. The summed E-state index contributed by atoms with van der Waals surface area (Å²) in [5, 5.41) is 3.11. The molecule has 0 aromatic heterocycles. The van der Waals surface area contributed by atoms with E-state index in [1.54, 1.807) is 31.4 Å². The topological polar surface area (TPSA) is 83.1 Å². The molecule has 1 aliphatic heterocycles. The fourth-order valence-electron chi connectivity index (χ4n) is 2.59. The minimum absolute atomic E-state index is 0.105. The minimum atomic E-state index is -0.939. The van der Waals surface area contributed by atoms with Gasteiger partial charge in [0, 0.05) is 12.6 Å². The molecule has 0 unspecified atom stereocenters. The molecule has 29 heavy (non-hydrogen) atoms. The third kappa shape index (κ3) is 5.42. The summed E-state index contributed by atoms with van der Waals surface area (Å²) in [6.45, 7) is 1.93. The molecule has 0 aliphatic carbocycles. The van der Waals surface area contributed by atoms with Crippen LogP contribution in [0.3, 0.4) is 0 Å². The van der Waals surface area contributed by atoms with Crippen LogP contribution in [0.1, 0.15) is 18.1 Å². The average Bonchev–Trinajstić information content (AvgIpc) is 3.20. The van der Waals surface area contributed by atoms with Crippen molar-refractivity contribution in [3.05, 3.63) is 58.6 Å². The van der Waals surface area contributed by atoms with E-state index in [9.17, 15) is 9.59 Å². The number of halogens is 1. The van der Waals surface area contributed by atoms with Gasteiger partial charge in [-0.2, -0.15) is 0 Å². The highest BCUT2D eigenvalue weighted by Gasteiger charge is 2.18. The van der Waals surface area contributed by atoms with E-state index in [2.05, 4.69) is 5.32 Å². The first kappa shape index (κ1) is 20.5. The molecule has 8 heteroatoms. The summed E-state index contributed by atoms with van der Waals surface area (Å²) in [7, 11) is 1.59. The van der Waals surface area contributed by atoms with E-state index in [0.717, 1.165) is 11.3 Å². The summed E-state index contributed by atoms with van der Waals surface area (Å²) in [6.07, 6.45) is 1.81. The van der Waals surface area contributed by atoms with Gasteiger partial charge < -0.3 is 24.3 Å². The predicted molar refractivity (Wildman–Crippen MR) is 107 cm³/mol. The first-order valence-corrected chi connectivity index (χ1v) is 9.22. The fraction of sp³-hybridized carbons (Fsp3) is 0.238. The van der Waals surface area contributed by atoms with Crippen molar-refractivity contribution in [2.75, 3.05) is 13.9 Å². The van der Waals surface area contributed by atoms with Crippen LogP contribution in [0.5, 0.6) is 17.2 Å². The van der Waals surface area contributed by atoms with Gasteiger partial charge in [-0.1, -0.05) is 23.7 Å². The third-order valence-corrected chi connectivity index (χ3v) is 4.43. The number of amides is 1. The lowest BCUT2D eigenvalue weighted by atomic mass is 10.2. The van der Waals surface area contributed by atoms with Crippen molar-refractivity contribution in [3.63, 3.8) is 0 Å². The molecule has 1 heterocycles. The lowest BCUT2D eigenvalue weighted by molar-refractivity contribution is -0.150. The van der Waals surface area contributed by atoms with Gasteiger partial charge in [-0.3, -0.25) is 4.79 Å². The van der Waals surface area contributed by atoms with Gasteiger partial charge in [-0.25, -0.2) is 4.79 Å². The Kier molecular flexibility index (Phi) is 6.61. The van der Waals surface area contributed by atoms with Crippen LogP contribution in [0.4, 0.5) is 0 Å². The second-order valence-electron chi connectivity index (χ2n) is 6.21. The maximum absolute atomic E-state index is 12.1. The summed E-state index contributed by atoms with van der Waals surface area (Å²) in [6, 6.07) is 10.6. The maximum atomic E-state index is 12.1. The first-order chi connectivity index (χ1) is 14.0. The number of esters is 1. The quantitative estimate of drug-likeness (QED) is 0.549. The summed E-state index contributed by atoms with van der Waals surface area (Å²) in [5.74, 6) is 0.683. The number of benzene rings is 2. The highest BCUT2D eigenvalue weighted by molar-refractivity contribution is 6.32. The molecule has 2 aromatic rings. The van der Waals surface area contributed by atoms with Gasteiger partial charge in [-0.15, -0.1) is 0 Å². The smallest absolute Gasteiger partial charge is 0.331 e. The van der Waals surface area contributed by atoms with Crippen LogP contribution in [0.25, 0.3) is 6.08 Å². The van der Waals surface area contributed by atoms with Crippen molar-refractivity contribution in [1.29, 1.82) is 0 Å². The number of methoxy groups -OCH3 is 1. The van der Waals surface area contributed by atoms with E-state index >= 15 is 0 Å². The summed E-state index contributed by atoms with van der Waals surface area (Å²) < 4.78 is 20.7. The van der Waals surface area contributed by atoms with E-state index in [1.165, 1.54) is 19.1 Å². The Bertz CT molecular complexity index is 926. The monoisotopic (exact) mass is 417 g/mol. The van der Waals surface area contributed by atoms with E-state index in [1.807, 2.05) is 12.1 Å². The molecule has 0 bridgehead atoms. The standard InChI is InChI=1S/C21H20ClNO6/c1-13(21(25)23-11-14-3-6-16(26-2)7-4-14)29-19(24)8-5-15-9-17(22)20-18(10-15)27-12-28-20/h3-10,13H,11-12H2,1-2H3,(H,23,25)/b8-5+/t13-/m0/s1. The predicted octanol–water partition coefficient (Wildman–Crippen LogP) is 3.34. The molecule has 1 aliphatic rings. The average molecular weight is 418 g/mol. The molecular formula is C21H20ClNO6. The number of hydrogen-bond donors (Lipinski definition) is 1. The molecule has 7 nitrogen and oxygen atoms in total. The molecule has 0 radical (unpaired) electrons. The van der Waals surface area contributed by atoms with Gasteiger partial charge in [0.2, 0.25) is 6.79 Å². The van der Waals surface area contributed by atoms with E-state index in [-0.39, 0.29) is 6.79 Å². The van der Waals surface area contributed by atoms with Crippen LogP contribution in [-0.2, 0) is 20.9 Å². The van der Waals surface area contributed by atoms with Crippen molar-refractivity contribution >= 4 is 29.6 Å². The zero-order valence-electron chi connectivity index (χ0n) is 15.9. The lowest BCUT2D eigenvalue weighted by Gasteiger charge is -2.12. The Hall–Kier alpha value is -3.19. The van der Waals surface area contributed by atoms with E-state index in [4.69, 9.17) is 30.5 Å². The first-order valence-electron chi connectivity index (χ1n) is 8.84. The van der Waals surface area contributed by atoms with Gasteiger partial charge in [0.05, 0.1) is 12.1 Å². The Balaban J connectivity index is 1.49. The SMILES string of the molecule is COc1ccc(CNC(=O)[C@H](C)OC(=O)/C=C/c2cc(Cl)c3c(c2)OCO3)cc1. The molecule has 0 fully saturated rings. The van der Waals surface area contributed by atoms with Gasteiger partial charge in [0.25, 0.3) is 5.91 Å². The molecule has 0 saturated carbocycles. The molecule has 0 saturated heterocycles. The van der Waals surface area contributed by atoms with Crippen LogP contribution in [-0.4, -0.2) is 31.9 Å². The number of rotatable bonds is 7. The molecular weight excluding hydrogens is 398 g/mol. The number of carbonyl (C=O) groups excluding carboxylic acids is 2. The Morgan fingerprint density at radius 2 is 2.00 bits per heavy atom.